The van der Waals surface area contributed by atoms with Crippen molar-refractivity contribution in [2.24, 2.45) is 0 Å². The van der Waals surface area contributed by atoms with Gasteiger partial charge in [-0.25, -0.2) is 19.0 Å². The van der Waals surface area contributed by atoms with E-state index in [1.54, 1.807) is 29.3 Å². The van der Waals surface area contributed by atoms with Crippen molar-refractivity contribution in [3.63, 3.8) is 0 Å². The van der Waals surface area contributed by atoms with Gasteiger partial charge in [0.15, 0.2) is 5.65 Å². The number of carbonyl (C=O) groups excluding carboxylic acids is 1. The highest BCUT2D eigenvalue weighted by Gasteiger charge is 2.10. The number of nitrogens with zero attached hydrogens (tertiary/aromatic N) is 4. The van der Waals surface area contributed by atoms with Gasteiger partial charge in [0.1, 0.15) is 23.7 Å². The summed E-state index contributed by atoms with van der Waals surface area (Å²) in [5.41, 5.74) is 1.43. The van der Waals surface area contributed by atoms with Crippen molar-refractivity contribution >= 4 is 22.8 Å². The van der Waals surface area contributed by atoms with E-state index >= 15 is 0 Å². The predicted octanol–water partition coefficient (Wildman–Crippen LogP) is 2.53. The lowest BCUT2D eigenvalue weighted by Gasteiger charge is -2.07. The first-order valence-corrected chi connectivity index (χ1v) is 9.13. The fraction of sp³-hybridized carbons (Fsp3) is 0.200. The Balaban J connectivity index is 1.34. The molecule has 0 aliphatic heterocycles. The van der Waals surface area contributed by atoms with Gasteiger partial charge < -0.3 is 15.1 Å². The van der Waals surface area contributed by atoms with Gasteiger partial charge in [0.05, 0.1) is 37.4 Å². The lowest BCUT2D eigenvalue weighted by molar-refractivity contribution is -0.120. The minimum atomic E-state index is -0.320. The van der Waals surface area contributed by atoms with Crippen LogP contribution in [-0.4, -0.2) is 32.2 Å². The van der Waals surface area contributed by atoms with Crippen LogP contribution in [0, 0.1) is 5.82 Å². The molecule has 3 aromatic heterocycles. The number of rotatable bonds is 8. The molecule has 4 aromatic rings. The maximum Gasteiger partial charge on any atom is 0.224 e. The van der Waals surface area contributed by atoms with Crippen LogP contribution in [0.5, 0.6) is 0 Å². The smallest absolute Gasteiger partial charge is 0.224 e. The number of amides is 1. The van der Waals surface area contributed by atoms with E-state index in [2.05, 4.69) is 25.7 Å². The molecule has 0 bridgehead atoms. The summed E-state index contributed by atoms with van der Waals surface area (Å²) in [7, 11) is 0. The fourth-order valence-electron chi connectivity index (χ4n) is 2.93. The van der Waals surface area contributed by atoms with Crippen molar-refractivity contribution in [3.8, 4) is 0 Å². The monoisotopic (exact) mass is 394 g/mol. The Morgan fingerprint density at radius 2 is 2.03 bits per heavy atom. The Hall–Kier alpha value is -3.75. The topological polar surface area (TPSA) is 97.9 Å². The van der Waals surface area contributed by atoms with Crippen molar-refractivity contribution in [2.75, 3.05) is 11.9 Å². The maximum absolute atomic E-state index is 12.9. The van der Waals surface area contributed by atoms with E-state index in [1.807, 2.05) is 12.1 Å². The number of benzene rings is 1. The first-order chi connectivity index (χ1) is 14.2. The fourth-order valence-corrected chi connectivity index (χ4v) is 2.93. The van der Waals surface area contributed by atoms with Gasteiger partial charge in [0.2, 0.25) is 5.91 Å². The highest BCUT2D eigenvalue weighted by atomic mass is 19.1. The summed E-state index contributed by atoms with van der Waals surface area (Å²) in [5, 5.41) is 11.2. The molecule has 0 atom stereocenters. The Bertz CT molecular complexity index is 1090. The molecule has 0 saturated carbocycles. The van der Waals surface area contributed by atoms with E-state index < -0.39 is 0 Å². The van der Waals surface area contributed by atoms with Gasteiger partial charge in [-0.3, -0.25) is 4.79 Å². The summed E-state index contributed by atoms with van der Waals surface area (Å²) in [5.74, 6) is 1.01. The number of carbonyl (C=O) groups is 1. The average Bonchev–Trinajstić information content (AvgIpc) is 3.38. The van der Waals surface area contributed by atoms with Gasteiger partial charge in [0.25, 0.3) is 0 Å². The molecule has 0 aliphatic rings. The van der Waals surface area contributed by atoms with E-state index in [1.165, 1.54) is 18.5 Å². The Morgan fingerprint density at radius 3 is 2.83 bits per heavy atom. The molecule has 3 heterocycles. The molecule has 0 saturated heterocycles. The first kappa shape index (κ1) is 18.6. The van der Waals surface area contributed by atoms with Crippen molar-refractivity contribution < 1.29 is 13.6 Å². The lowest BCUT2D eigenvalue weighted by Crippen LogP contribution is -2.28. The summed E-state index contributed by atoms with van der Waals surface area (Å²) < 4.78 is 20.0. The normalized spacial score (nSPS) is 10.9. The number of hydrogen-bond acceptors (Lipinski definition) is 6. The highest BCUT2D eigenvalue weighted by molar-refractivity contribution is 5.86. The van der Waals surface area contributed by atoms with Crippen LogP contribution in [0.2, 0.25) is 0 Å². The van der Waals surface area contributed by atoms with Crippen LogP contribution < -0.4 is 10.6 Å². The number of aromatic nitrogens is 4. The molecule has 0 unspecified atom stereocenters. The minimum absolute atomic E-state index is 0.136. The third-order valence-electron chi connectivity index (χ3n) is 4.37. The number of halogens is 1. The van der Waals surface area contributed by atoms with Crippen LogP contribution in [0.3, 0.4) is 0 Å². The molecule has 29 heavy (non-hydrogen) atoms. The summed E-state index contributed by atoms with van der Waals surface area (Å²) in [4.78, 5) is 20.6. The quantitative estimate of drug-likeness (QED) is 0.477. The second kappa shape index (κ2) is 8.51. The van der Waals surface area contributed by atoms with Gasteiger partial charge in [-0.1, -0.05) is 12.1 Å². The van der Waals surface area contributed by atoms with Crippen molar-refractivity contribution in [1.82, 2.24) is 25.1 Å². The summed E-state index contributed by atoms with van der Waals surface area (Å²) in [6, 6.07) is 9.60. The Kier molecular flexibility index (Phi) is 5.46. The largest absolute Gasteiger partial charge is 0.467 e. The van der Waals surface area contributed by atoms with E-state index in [0.717, 1.165) is 16.7 Å². The highest BCUT2D eigenvalue weighted by Crippen LogP contribution is 2.19. The van der Waals surface area contributed by atoms with Crippen LogP contribution >= 0.6 is 0 Å². The lowest BCUT2D eigenvalue weighted by atomic mass is 10.1. The second-order valence-electron chi connectivity index (χ2n) is 6.41. The molecule has 1 aromatic carbocycles. The molecule has 0 aliphatic carbocycles. The predicted molar refractivity (Wildman–Crippen MR) is 104 cm³/mol. The summed E-state index contributed by atoms with van der Waals surface area (Å²) >= 11 is 0. The molecule has 9 heteroatoms. The first-order valence-electron chi connectivity index (χ1n) is 9.13. The van der Waals surface area contributed by atoms with E-state index in [4.69, 9.17) is 4.42 Å². The van der Waals surface area contributed by atoms with Crippen LogP contribution in [0.25, 0.3) is 11.0 Å². The van der Waals surface area contributed by atoms with E-state index in [0.29, 0.717) is 31.1 Å². The van der Waals surface area contributed by atoms with Crippen molar-refractivity contribution in [2.45, 2.75) is 19.5 Å². The molecule has 148 valence electrons. The number of furan rings is 1. The molecule has 0 fully saturated rings. The van der Waals surface area contributed by atoms with Crippen LogP contribution in [0.1, 0.15) is 11.3 Å². The Labute approximate surface area is 165 Å². The SMILES string of the molecule is O=C(Cc1ccc(F)cc1)NCCn1ncc2c(NCc3ccco3)ncnc21. The van der Waals surface area contributed by atoms with Gasteiger partial charge in [-0.05, 0) is 29.8 Å². The maximum atomic E-state index is 12.9. The molecular formula is C20H19FN6O2. The van der Waals surface area contributed by atoms with Gasteiger partial charge in [0, 0.05) is 6.54 Å². The van der Waals surface area contributed by atoms with Gasteiger partial charge in [-0.2, -0.15) is 5.10 Å². The Morgan fingerprint density at radius 1 is 1.17 bits per heavy atom. The molecule has 4 rings (SSSR count). The molecule has 0 spiro atoms. The third kappa shape index (κ3) is 4.57. The van der Waals surface area contributed by atoms with Crippen molar-refractivity contribution in [3.05, 3.63) is 72.3 Å². The number of anilines is 1. The number of hydrogen-bond donors (Lipinski definition) is 2. The van der Waals surface area contributed by atoms with Crippen LogP contribution in [0.4, 0.5) is 10.2 Å². The number of fused-ring (bicyclic) bond motifs is 1. The molecule has 0 radical (unpaired) electrons. The van der Waals surface area contributed by atoms with E-state index in [9.17, 15) is 9.18 Å². The minimum Gasteiger partial charge on any atom is -0.467 e. The standard InChI is InChI=1S/C20H19FN6O2/c21-15-5-3-14(4-6-15)10-18(28)22-7-8-27-20-17(12-26-27)19(24-13-25-20)23-11-16-2-1-9-29-16/h1-6,9,12-13H,7-8,10-11H2,(H,22,28)(H,23,24,25). The molecule has 1 amide bonds. The van der Waals surface area contributed by atoms with E-state index in [-0.39, 0.29) is 18.1 Å². The van der Waals surface area contributed by atoms with Crippen LogP contribution in [-0.2, 0) is 24.3 Å². The zero-order valence-corrected chi connectivity index (χ0v) is 15.5. The summed E-state index contributed by atoms with van der Waals surface area (Å²) in [6.45, 7) is 1.37. The second-order valence-corrected chi connectivity index (χ2v) is 6.41. The molecule has 2 N–H and O–H groups in total. The average molecular weight is 394 g/mol. The van der Waals surface area contributed by atoms with Gasteiger partial charge >= 0.3 is 0 Å². The third-order valence-corrected chi connectivity index (χ3v) is 4.37. The zero-order chi connectivity index (χ0) is 20.1. The number of nitrogens with one attached hydrogen (secondary N) is 2. The summed E-state index contributed by atoms with van der Waals surface area (Å²) in [6.07, 6.45) is 4.98. The molecular weight excluding hydrogens is 375 g/mol. The van der Waals surface area contributed by atoms with Crippen molar-refractivity contribution in [1.29, 1.82) is 0 Å². The molecule has 8 nitrogen and oxygen atoms in total. The zero-order valence-electron chi connectivity index (χ0n) is 15.5. The van der Waals surface area contributed by atoms with Crippen LogP contribution in [0.15, 0.2) is 59.6 Å². The van der Waals surface area contributed by atoms with Gasteiger partial charge in [-0.15, -0.1) is 0 Å².